The first-order chi connectivity index (χ1) is 13.0. The summed E-state index contributed by atoms with van der Waals surface area (Å²) in [5.74, 6) is 0.688. The molecule has 3 heterocycles. The maximum Gasteiger partial charge on any atom is 0.158 e. The molecule has 2 aromatic heterocycles. The lowest BCUT2D eigenvalue weighted by Gasteiger charge is -2.35. The first kappa shape index (κ1) is 18.2. The lowest BCUT2D eigenvalue weighted by molar-refractivity contribution is 0.158. The van der Waals surface area contributed by atoms with Gasteiger partial charge in [0.15, 0.2) is 5.82 Å². The zero-order chi connectivity index (χ0) is 19.0. The molecule has 1 aliphatic rings. The minimum Gasteiger partial charge on any atom is -0.338 e. The van der Waals surface area contributed by atoms with Gasteiger partial charge in [-0.3, -0.25) is 4.90 Å². The Labute approximate surface area is 162 Å². The van der Waals surface area contributed by atoms with Crippen molar-refractivity contribution in [2.75, 3.05) is 18.4 Å². The summed E-state index contributed by atoms with van der Waals surface area (Å²) in [6.07, 6.45) is 4.42. The number of nitrogens with two attached hydrogens (primary N) is 1. The Morgan fingerprint density at radius 2 is 2.22 bits per heavy atom. The van der Waals surface area contributed by atoms with Crippen molar-refractivity contribution in [1.29, 1.82) is 0 Å². The highest BCUT2D eigenvalue weighted by molar-refractivity contribution is 6.31. The van der Waals surface area contributed by atoms with E-state index in [2.05, 4.69) is 33.3 Å². The second kappa shape index (κ2) is 7.42. The van der Waals surface area contributed by atoms with Crippen molar-refractivity contribution in [2.24, 2.45) is 11.7 Å². The normalized spacial score (nSPS) is 20.9. The molecule has 27 heavy (non-hydrogen) atoms. The van der Waals surface area contributed by atoms with Crippen LogP contribution in [0.5, 0.6) is 0 Å². The van der Waals surface area contributed by atoms with Crippen molar-refractivity contribution < 1.29 is 4.39 Å². The molecule has 1 aliphatic heterocycles. The van der Waals surface area contributed by atoms with Crippen LogP contribution in [0.4, 0.5) is 15.9 Å². The second-order valence-corrected chi connectivity index (χ2v) is 7.57. The number of anilines is 2. The highest BCUT2D eigenvalue weighted by Gasteiger charge is 2.24. The third-order valence-electron chi connectivity index (χ3n) is 5.17. The molecule has 6 nitrogen and oxygen atoms in total. The first-order valence-corrected chi connectivity index (χ1v) is 9.40. The molecule has 0 saturated carbocycles. The van der Waals surface area contributed by atoms with Crippen LogP contribution in [0.2, 0.25) is 5.02 Å². The fourth-order valence-corrected chi connectivity index (χ4v) is 3.76. The predicted octanol–water partition coefficient (Wildman–Crippen LogP) is 3.43. The number of hydrogen-bond donors (Lipinski definition) is 2. The van der Waals surface area contributed by atoms with Crippen molar-refractivity contribution in [2.45, 2.75) is 25.9 Å². The quantitative estimate of drug-likeness (QED) is 0.716. The van der Waals surface area contributed by atoms with Gasteiger partial charge in [-0.25, -0.2) is 13.9 Å². The monoisotopic (exact) mass is 388 g/mol. The molecule has 0 amide bonds. The van der Waals surface area contributed by atoms with Crippen LogP contribution in [0.1, 0.15) is 18.9 Å². The molecule has 4 rings (SSSR count). The summed E-state index contributed by atoms with van der Waals surface area (Å²) in [6.45, 7) is 4.96. The average Bonchev–Trinajstić information content (AvgIpc) is 3.05. The molecule has 142 valence electrons. The molecule has 3 N–H and O–H groups in total. The van der Waals surface area contributed by atoms with Gasteiger partial charge >= 0.3 is 0 Å². The number of likely N-dealkylation sites (tertiary alicyclic amines) is 1. The van der Waals surface area contributed by atoms with E-state index in [1.54, 1.807) is 16.6 Å². The summed E-state index contributed by atoms with van der Waals surface area (Å²) in [6, 6.07) is 6.85. The summed E-state index contributed by atoms with van der Waals surface area (Å²) in [7, 11) is 0. The Kier molecular flexibility index (Phi) is 4.99. The molecule has 1 fully saturated rings. The molecule has 0 bridgehead atoms. The van der Waals surface area contributed by atoms with Crippen LogP contribution >= 0.6 is 11.6 Å². The van der Waals surface area contributed by atoms with Crippen molar-refractivity contribution in [1.82, 2.24) is 19.5 Å². The summed E-state index contributed by atoms with van der Waals surface area (Å²) in [4.78, 5) is 6.80. The van der Waals surface area contributed by atoms with E-state index in [4.69, 9.17) is 17.3 Å². The van der Waals surface area contributed by atoms with Gasteiger partial charge in [0.1, 0.15) is 17.7 Å². The molecule has 0 aliphatic carbocycles. The minimum atomic E-state index is -0.448. The first-order valence-electron chi connectivity index (χ1n) is 9.02. The van der Waals surface area contributed by atoms with E-state index in [0.717, 1.165) is 37.1 Å². The van der Waals surface area contributed by atoms with Crippen molar-refractivity contribution >= 4 is 28.6 Å². The topological polar surface area (TPSA) is 71.5 Å². The predicted molar refractivity (Wildman–Crippen MR) is 105 cm³/mol. The largest absolute Gasteiger partial charge is 0.338 e. The SMILES string of the molecule is C[C@@H]1CN(Cc2ccn3ncnc(Nc4ccc(F)c(Cl)c4)c23)CC[C@H]1N. The molecular formula is C19H22ClFN6. The molecule has 2 atom stereocenters. The van der Waals surface area contributed by atoms with E-state index in [1.807, 2.05) is 6.20 Å². The van der Waals surface area contributed by atoms with E-state index in [1.165, 1.54) is 12.4 Å². The molecule has 1 aromatic carbocycles. The molecule has 1 saturated heterocycles. The smallest absolute Gasteiger partial charge is 0.158 e. The lowest BCUT2D eigenvalue weighted by Crippen LogP contribution is -2.45. The lowest BCUT2D eigenvalue weighted by atomic mass is 9.94. The number of fused-ring (bicyclic) bond motifs is 1. The number of rotatable bonds is 4. The minimum absolute atomic E-state index is 0.0688. The van der Waals surface area contributed by atoms with Crippen LogP contribution < -0.4 is 11.1 Å². The molecule has 0 radical (unpaired) electrons. The van der Waals surface area contributed by atoms with Gasteiger partial charge in [0.2, 0.25) is 0 Å². The van der Waals surface area contributed by atoms with Crippen LogP contribution in [0, 0.1) is 11.7 Å². The Morgan fingerprint density at radius 3 is 3.00 bits per heavy atom. The summed E-state index contributed by atoms with van der Waals surface area (Å²) >= 11 is 5.89. The summed E-state index contributed by atoms with van der Waals surface area (Å²) in [5.41, 5.74) is 8.85. The van der Waals surface area contributed by atoms with Gasteiger partial charge in [-0.1, -0.05) is 18.5 Å². The fourth-order valence-electron chi connectivity index (χ4n) is 3.58. The van der Waals surface area contributed by atoms with Crippen LogP contribution in [-0.4, -0.2) is 38.6 Å². The maximum atomic E-state index is 13.4. The highest BCUT2D eigenvalue weighted by atomic mass is 35.5. The van der Waals surface area contributed by atoms with Gasteiger partial charge in [0.25, 0.3) is 0 Å². The standard InChI is InChI=1S/C19H22ClFN6/c1-12-9-26(6-5-17(12)22)10-13-4-7-27-18(13)19(23-11-24-27)25-14-2-3-16(21)15(20)8-14/h2-4,7-8,11-12,17H,5-6,9-10,22H2,1H3,(H,23,24,25)/t12-,17-/m1/s1. The summed E-state index contributed by atoms with van der Waals surface area (Å²) in [5, 5.41) is 7.60. The Hall–Kier alpha value is -2.22. The number of nitrogens with one attached hydrogen (secondary N) is 1. The zero-order valence-corrected chi connectivity index (χ0v) is 15.8. The third kappa shape index (κ3) is 3.76. The maximum absolute atomic E-state index is 13.4. The molecule has 0 unspecified atom stereocenters. The van der Waals surface area contributed by atoms with Crippen molar-refractivity contribution in [3.63, 3.8) is 0 Å². The van der Waals surface area contributed by atoms with E-state index in [-0.39, 0.29) is 11.1 Å². The van der Waals surface area contributed by atoms with Crippen LogP contribution in [0.25, 0.3) is 5.52 Å². The Balaban J connectivity index is 1.62. The number of hydrogen-bond acceptors (Lipinski definition) is 5. The highest BCUT2D eigenvalue weighted by Crippen LogP contribution is 2.27. The molecular weight excluding hydrogens is 367 g/mol. The van der Waals surface area contributed by atoms with Gasteiger partial charge in [-0.15, -0.1) is 0 Å². The van der Waals surface area contributed by atoms with E-state index >= 15 is 0 Å². The van der Waals surface area contributed by atoms with Crippen LogP contribution in [0.15, 0.2) is 36.8 Å². The number of aromatic nitrogens is 3. The van der Waals surface area contributed by atoms with Crippen molar-refractivity contribution in [3.05, 3.63) is 53.2 Å². The van der Waals surface area contributed by atoms with Gasteiger partial charge in [0.05, 0.1) is 5.02 Å². The van der Waals surface area contributed by atoms with Crippen LogP contribution in [0.3, 0.4) is 0 Å². The summed E-state index contributed by atoms with van der Waals surface area (Å²) < 4.78 is 15.2. The Bertz CT molecular complexity index is 959. The molecule has 0 spiro atoms. The Morgan fingerprint density at radius 1 is 1.37 bits per heavy atom. The number of piperidine rings is 1. The fraction of sp³-hybridized carbons (Fsp3) is 0.368. The van der Waals surface area contributed by atoms with Gasteiger partial charge in [0, 0.05) is 31.0 Å². The number of benzene rings is 1. The van der Waals surface area contributed by atoms with Gasteiger partial charge in [-0.2, -0.15) is 5.10 Å². The van der Waals surface area contributed by atoms with Gasteiger partial charge < -0.3 is 11.1 Å². The van der Waals surface area contributed by atoms with E-state index in [9.17, 15) is 4.39 Å². The zero-order valence-electron chi connectivity index (χ0n) is 15.1. The number of halogens is 2. The second-order valence-electron chi connectivity index (χ2n) is 7.16. The number of nitrogens with zero attached hydrogens (tertiary/aromatic N) is 4. The van der Waals surface area contributed by atoms with E-state index in [0.29, 0.717) is 17.4 Å². The third-order valence-corrected chi connectivity index (χ3v) is 5.46. The van der Waals surface area contributed by atoms with Crippen molar-refractivity contribution in [3.8, 4) is 0 Å². The van der Waals surface area contributed by atoms with Crippen LogP contribution in [-0.2, 0) is 6.54 Å². The van der Waals surface area contributed by atoms with E-state index < -0.39 is 5.82 Å². The molecule has 3 aromatic rings. The van der Waals surface area contributed by atoms with Gasteiger partial charge in [-0.05, 0) is 48.7 Å². The average molecular weight is 389 g/mol. The molecule has 8 heteroatoms.